The normalized spacial score (nSPS) is 11.9. The lowest BCUT2D eigenvalue weighted by molar-refractivity contribution is 0.888. The fraction of sp³-hybridized carbons (Fsp3) is 0.286. The number of benzene rings is 1. The minimum atomic E-state index is 0.199. The van der Waals surface area contributed by atoms with Crippen molar-refractivity contribution in [3.8, 4) is 6.07 Å². The third-order valence-corrected chi connectivity index (χ3v) is 4.03. The molecule has 0 aliphatic rings. The molecule has 0 radical (unpaired) electrons. The van der Waals surface area contributed by atoms with Gasteiger partial charge >= 0.3 is 0 Å². The van der Waals surface area contributed by atoms with Crippen LogP contribution in [-0.2, 0) is 0 Å². The van der Waals surface area contributed by atoms with Gasteiger partial charge in [0.05, 0.1) is 28.9 Å². The SMILES string of the molecule is Cc1ccc(C#N)cc1NC(C)c1scnc1C. The van der Waals surface area contributed by atoms with Crippen molar-refractivity contribution in [3.05, 3.63) is 45.4 Å². The van der Waals surface area contributed by atoms with Crippen LogP contribution < -0.4 is 5.32 Å². The van der Waals surface area contributed by atoms with Crippen LogP contribution in [0.25, 0.3) is 0 Å². The van der Waals surface area contributed by atoms with E-state index in [0.717, 1.165) is 16.9 Å². The lowest BCUT2D eigenvalue weighted by Gasteiger charge is -2.16. The van der Waals surface area contributed by atoms with Crippen molar-refractivity contribution in [3.63, 3.8) is 0 Å². The highest BCUT2D eigenvalue weighted by molar-refractivity contribution is 7.09. The molecule has 0 aliphatic heterocycles. The zero-order valence-corrected chi connectivity index (χ0v) is 11.5. The Morgan fingerprint density at radius 2 is 2.17 bits per heavy atom. The summed E-state index contributed by atoms with van der Waals surface area (Å²) in [6, 6.07) is 8.06. The van der Waals surface area contributed by atoms with Gasteiger partial charge in [0.2, 0.25) is 0 Å². The minimum Gasteiger partial charge on any atom is -0.377 e. The second kappa shape index (κ2) is 5.19. The van der Waals surface area contributed by atoms with Gasteiger partial charge in [-0.25, -0.2) is 4.98 Å². The Balaban J connectivity index is 2.24. The Labute approximate surface area is 111 Å². The molecule has 1 unspecified atom stereocenters. The van der Waals surface area contributed by atoms with Crippen LogP contribution in [0.1, 0.15) is 34.7 Å². The standard InChI is InChI=1S/C14H15N3S/c1-9-4-5-12(7-15)6-13(9)17-11(3)14-10(2)16-8-18-14/h4-6,8,11,17H,1-3H3. The van der Waals surface area contributed by atoms with Crippen LogP contribution >= 0.6 is 11.3 Å². The number of thiazole rings is 1. The molecular formula is C14H15N3S. The molecular weight excluding hydrogens is 242 g/mol. The van der Waals surface area contributed by atoms with Crippen LogP contribution in [0.2, 0.25) is 0 Å². The average Bonchev–Trinajstić information content (AvgIpc) is 2.78. The van der Waals surface area contributed by atoms with Crippen LogP contribution in [0.5, 0.6) is 0 Å². The highest BCUT2D eigenvalue weighted by Crippen LogP contribution is 2.27. The van der Waals surface area contributed by atoms with Crippen molar-refractivity contribution < 1.29 is 0 Å². The van der Waals surface area contributed by atoms with Crippen molar-refractivity contribution in [1.82, 2.24) is 4.98 Å². The van der Waals surface area contributed by atoms with E-state index in [-0.39, 0.29) is 6.04 Å². The van der Waals surface area contributed by atoms with Gasteiger partial charge in [0.25, 0.3) is 0 Å². The van der Waals surface area contributed by atoms with Crippen molar-refractivity contribution in [2.24, 2.45) is 0 Å². The maximum atomic E-state index is 8.93. The molecule has 0 aliphatic carbocycles. The number of nitriles is 1. The molecule has 0 fully saturated rings. The quantitative estimate of drug-likeness (QED) is 0.909. The van der Waals surface area contributed by atoms with Gasteiger partial charge in [0.15, 0.2) is 0 Å². The number of hydrogen-bond donors (Lipinski definition) is 1. The van der Waals surface area contributed by atoms with E-state index in [0.29, 0.717) is 5.56 Å². The van der Waals surface area contributed by atoms with E-state index in [9.17, 15) is 0 Å². The fourth-order valence-corrected chi connectivity index (χ4v) is 2.68. The van der Waals surface area contributed by atoms with E-state index >= 15 is 0 Å². The van der Waals surface area contributed by atoms with Gasteiger partial charge in [0, 0.05) is 10.6 Å². The number of rotatable bonds is 3. The number of nitrogens with one attached hydrogen (secondary N) is 1. The summed E-state index contributed by atoms with van der Waals surface area (Å²) < 4.78 is 0. The van der Waals surface area contributed by atoms with Gasteiger partial charge in [-0.2, -0.15) is 5.26 Å². The predicted molar refractivity (Wildman–Crippen MR) is 74.8 cm³/mol. The first-order valence-electron chi connectivity index (χ1n) is 5.79. The number of anilines is 1. The summed E-state index contributed by atoms with van der Waals surface area (Å²) in [5.74, 6) is 0. The lowest BCUT2D eigenvalue weighted by Crippen LogP contribution is -2.07. The van der Waals surface area contributed by atoms with Gasteiger partial charge in [-0.05, 0) is 38.5 Å². The number of hydrogen-bond acceptors (Lipinski definition) is 4. The molecule has 1 N–H and O–H groups in total. The van der Waals surface area contributed by atoms with E-state index < -0.39 is 0 Å². The molecule has 3 nitrogen and oxygen atoms in total. The van der Waals surface area contributed by atoms with E-state index in [2.05, 4.69) is 23.3 Å². The monoisotopic (exact) mass is 257 g/mol. The van der Waals surface area contributed by atoms with Crippen molar-refractivity contribution in [1.29, 1.82) is 5.26 Å². The fourth-order valence-electron chi connectivity index (χ4n) is 1.87. The summed E-state index contributed by atoms with van der Waals surface area (Å²) in [4.78, 5) is 5.49. The van der Waals surface area contributed by atoms with Crippen LogP contribution in [0.3, 0.4) is 0 Å². The van der Waals surface area contributed by atoms with Gasteiger partial charge in [-0.1, -0.05) is 6.07 Å². The van der Waals surface area contributed by atoms with Crippen LogP contribution in [-0.4, -0.2) is 4.98 Å². The molecule has 1 atom stereocenters. The Bertz CT molecular complexity index is 595. The van der Waals surface area contributed by atoms with Gasteiger partial charge in [-0.15, -0.1) is 11.3 Å². The zero-order valence-electron chi connectivity index (χ0n) is 10.7. The minimum absolute atomic E-state index is 0.199. The highest BCUT2D eigenvalue weighted by atomic mass is 32.1. The van der Waals surface area contributed by atoms with Crippen molar-refractivity contribution in [2.45, 2.75) is 26.8 Å². The maximum Gasteiger partial charge on any atom is 0.0992 e. The Morgan fingerprint density at radius 1 is 1.39 bits per heavy atom. The Morgan fingerprint density at radius 3 is 2.78 bits per heavy atom. The molecule has 2 rings (SSSR count). The summed E-state index contributed by atoms with van der Waals surface area (Å²) in [6.45, 7) is 6.16. The summed E-state index contributed by atoms with van der Waals surface area (Å²) in [7, 11) is 0. The first-order valence-corrected chi connectivity index (χ1v) is 6.67. The molecule has 0 spiro atoms. The first-order chi connectivity index (χ1) is 8.61. The molecule has 1 aromatic carbocycles. The second-order valence-electron chi connectivity index (χ2n) is 4.31. The summed E-state index contributed by atoms with van der Waals surface area (Å²) >= 11 is 1.65. The molecule has 1 aromatic heterocycles. The topological polar surface area (TPSA) is 48.7 Å². The summed E-state index contributed by atoms with van der Waals surface area (Å²) in [5.41, 5.74) is 5.75. The van der Waals surface area contributed by atoms with E-state index in [4.69, 9.17) is 5.26 Å². The largest absolute Gasteiger partial charge is 0.377 e. The smallest absolute Gasteiger partial charge is 0.0992 e. The highest BCUT2D eigenvalue weighted by Gasteiger charge is 2.12. The van der Waals surface area contributed by atoms with Crippen LogP contribution in [0.15, 0.2) is 23.7 Å². The average molecular weight is 257 g/mol. The van der Waals surface area contributed by atoms with Gasteiger partial charge in [-0.3, -0.25) is 0 Å². The molecule has 0 amide bonds. The molecule has 4 heteroatoms. The van der Waals surface area contributed by atoms with Crippen LogP contribution in [0.4, 0.5) is 5.69 Å². The van der Waals surface area contributed by atoms with Crippen molar-refractivity contribution in [2.75, 3.05) is 5.32 Å². The lowest BCUT2D eigenvalue weighted by atomic mass is 10.1. The van der Waals surface area contributed by atoms with Crippen LogP contribution in [0, 0.1) is 25.2 Å². The summed E-state index contributed by atoms with van der Waals surface area (Å²) in [5, 5.41) is 12.4. The molecule has 0 saturated carbocycles. The van der Waals surface area contributed by atoms with Crippen molar-refractivity contribution >= 4 is 17.0 Å². The first kappa shape index (κ1) is 12.6. The number of nitrogens with zero attached hydrogens (tertiary/aromatic N) is 2. The third-order valence-electron chi connectivity index (χ3n) is 2.91. The zero-order chi connectivity index (χ0) is 13.1. The second-order valence-corrected chi connectivity index (χ2v) is 5.20. The third kappa shape index (κ3) is 2.52. The van der Waals surface area contributed by atoms with E-state index in [1.807, 2.05) is 37.6 Å². The Kier molecular flexibility index (Phi) is 3.63. The van der Waals surface area contributed by atoms with E-state index in [1.165, 1.54) is 4.88 Å². The maximum absolute atomic E-state index is 8.93. The van der Waals surface area contributed by atoms with E-state index in [1.54, 1.807) is 11.3 Å². The summed E-state index contributed by atoms with van der Waals surface area (Å²) in [6.07, 6.45) is 0. The van der Waals surface area contributed by atoms with Gasteiger partial charge in [0.1, 0.15) is 0 Å². The number of aryl methyl sites for hydroxylation is 2. The molecule has 1 heterocycles. The predicted octanol–water partition coefficient (Wildman–Crippen LogP) is 3.80. The number of aromatic nitrogens is 1. The molecule has 92 valence electrons. The molecule has 0 saturated heterocycles. The molecule has 0 bridgehead atoms. The molecule has 18 heavy (non-hydrogen) atoms. The molecule has 2 aromatic rings. The Hall–Kier alpha value is -1.86. The van der Waals surface area contributed by atoms with Gasteiger partial charge < -0.3 is 5.32 Å².